The molecule has 4 heteroatoms. The van der Waals surface area contributed by atoms with Crippen molar-refractivity contribution >= 4 is 55.0 Å². The fraction of sp³-hybridized carbons (Fsp3) is 0.267. The fourth-order valence-electron chi connectivity index (χ4n) is 4.73. The van der Waals surface area contributed by atoms with Crippen molar-refractivity contribution in [2.45, 2.75) is 52.7 Å². The van der Waals surface area contributed by atoms with E-state index in [1.54, 1.807) is 0 Å². The van der Waals surface area contributed by atoms with Gasteiger partial charge in [0.2, 0.25) is 0 Å². The maximum absolute atomic E-state index is 13.0. The molecule has 0 heterocycles. The highest BCUT2D eigenvalue weighted by Crippen LogP contribution is 2.42. The monoisotopic (exact) mass is 452 g/mol. The zero-order valence-electron chi connectivity index (χ0n) is 20.0. The van der Waals surface area contributed by atoms with Gasteiger partial charge in [0, 0.05) is 0 Å². The van der Waals surface area contributed by atoms with Crippen molar-refractivity contribution in [3.63, 3.8) is 0 Å². The lowest BCUT2D eigenvalue weighted by Gasteiger charge is -2.18. The molecule has 0 saturated carbocycles. The zero-order valence-corrected chi connectivity index (χ0v) is 20.0. The van der Waals surface area contributed by atoms with Crippen molar-refractivity contribution in [3.8, 4) is 0 Å². The summed E-state index contributed by atoms with van der Waals surface area (Å²) in [4.78, 5) is 25.9. The summed E-state index contributed by atoms with van der Waals surface area (Å²) >= 11 is 0. The predicted molar refractivity (Wildman–Crippen MR) is 138 cm³/mol. The Morgan fingerprint density at radius 2 is 0.941 bits per heavy atom. The third-order valence-corrected chi connectivity index (χ3v) is 6.87. The molecule has 0 radical (unpaired) electrons. The van der Waals surface area contributed by atoms with Gasteiger partial charge in [-0.05, 0) is 81.9 Å². The Morgan fingerprint density at radius 3 is 1.32 bits per heavy atom. The van der Waals surface area contributed by atoms with Gasteiger partial charge in [-0.25, -0.2) is 9.59 Å². The summed E-state index contributed by atoms with van der Waals surface area (Å²) in [7, 11) is 0. The zero-order chi connectivity index (χ0) is 24.0. The van der Waals surface area contributed by atoms with Crippen LogP contribution in [0.3, 0.4) is 0 Å². The Bertz CT molecular complexity index is 1410. The second kappa shape index (κ2) is 8.60. The SMILES string of the molecule is CCC(C)OC(=O)c1ccc2c3cccc4c(C(=O)OC(C)CC)ccc(c5cccc1c52)c43. The van der Waals surface area contributed by atoms with Crippen molar-refractivity contribution < 1.29 is 19.1 Å². The number of hydrogen-bond donors (Lipinski definition) is 0. The minimum absolute atomic E-state index is 0.138. The molecule has 34 heavy (non-hydrogen) atoms. The number of carbonyl (C=O) groups is 2. The van der Waals surface area contributed by atoms with E-state index in [9.17, 15) is 9.59 Å². The Labute approximate surface area is 198 Å². The van der Waals surface area contributed by atoms with E-state index in [1.807, 2.05) is 76.2 Å². The molecule has 5 aromatic carbocycles. The summed E-state index contributed by atoms with van der Waals surface area (Å²) in [6.45, 7) is 7.81. The number of ether oxygens (including phenoxy) is 2. The van der Waals surface area contributed by atoms with Crippen molar-refractivity contribution in [2.75, 3.05) is 0 Å². The summed E-state index contributed by atoms with van der Waals surface area (Å²) in [5, 5.41) is 8.05. The van der Waals surface area contributed by atoms with Crippen LogP contribution in [-0.4, -0.2) is 24.1 Å². The molecule has 0 bridgehead atoms. The third-order valence-electron chi connectivity index (χ3n) is 6.87. The summed E-state index contributed by atoms with van der Waals surface area (Å²) in [5.74, 6) is -0.601. The van der Waals surface area contributed by atoms with E-state index in [4.69, 9.17) is 9.47 Å². The number of benzene rings is 5. The average Bonchev–Trinajstić information content (AvgIpc) is 2.86. The highest BCUT2D eigenvalue weighted by molar-refractivity contribution is 6.35. The second-order valence-electron chi connectivity index (χ2n) is 9.03. The van der Waals surface area contributed by atoms with Gasteiger partial charge in [0.05, 0.1) is 23.3 Å². The molecule has 0 aliphatic carbocycles. The Hall–Kier alpha value is -3.66. The van der Waals surface area contributed by atoms with Gasteiger partial charge in [0.25, 0.3) is 0 Å². The minimum atomic E-state index is -0.301. The summed E-state index contributed by atoms with van der Waals surface area (Å²) in [5.41, 5.74) is 1.15. The minimum Gasteiger partial charge on any atom is -0.459 e. The second-order valence-corrected chi connectivity index (χ2v) is 9.03. The largest absolute Gasteiger partial charge is 0.459 e. The molecule has 0 spiro atoms. The van der Waals surface area contributed by atoms with Crippen LogP contribution in [-0.2, 0) is 9.47 Å². The first-order valence-corrected chi connectivity index (χ1v) is 12.0. The molecule has 2 unspecified atom stereocenters. The van der Waals surface area contributed by atoms with E-state index in [0.29, 0.717) is 11.1 Å². The van der Waals surface area contributed by atoms with Crippen LogP contribution in [0.15, 0.2) is 60.7 Å². The number of rotatable bonds is 6. The molecular formula is C30H28O4. The highest BCUT2D eigenvalue weighted by atomic mass is 16.5. The molecule has 5 aromatic rings. The molecule has 0 aliphatic rings. The standard InChI is InChI=1S/C30H28O4/c1-5-17(3)33-29(31)25-15-13-23-20-10-8-12-22-26(30(32)34-18(4)6-2)16-14-24(28(20)22)19-9-7-11-21(25)27(19)23/h7-18H,5-6H2,1-4H3. The first kappa shape index (κ1) is 22.1. The van der Waals surface area contributed by atoms with Crippen LogP contribution in [0.2, 0.25) is 0 Å². The van der Waals surface area contributed by atoms with Crippen molar-refractivity contribution in [3.05, 3.63) is 71.8 Å². The number of esters is 2. The summed E-state index contributed by atoms with van der Waals surface area (Å²) < 4.78 is 11.3. The van der Waals surface area contributed by atoms with Gasteiger partial charge >= 0.3 is 11.9 Å². The molecule has 0 N–H and O–H groups in total. The molecule has 5 rings (SSSR count). The van der Waals surface area contributed by atoms with Gasteiger partial charge in [-0.1, -0.05) is 62.4 Å². The fourth-order valence-corrected chi connectivity index (χ4v) is 4.73. The molecule has 0 fully saturated rings. The lowest BCUT2D eigenvalue weighted by Crippen LogP contribution is -2.14. The molecule has 0 aromatic heterocycles. The molecule has 2 atom stereocenters. The Balaban J connectivity index is 1.79. The van der Waals surface area contributed by atoms with Gasteiger partial charge in [0.15, 0.2) is 0 Å². The Morgan fingerprint density at radius 1 is 0.588 bits per heavy atom. The molecule has 0 saturated heterocycles. The lowest BCUT2D eigenvalue weighted by atomic mass is 9.87. The summed E-state index contributed by atoms with van der Waals surface area (Å²) in [6.07, 6.45) is 1.26. The van der Waals surface area contributed by atoms with Crippen LogP contribution < -0.4 is 0 Å². The lowest BCUT2D eigenvalue weighted by molar-refractivity contribution is 0.0327. The smallest absolute Gasteiger partial charge is 0.339 e. The van der Waals surface area contributed by atoms with E-state index in [0.717, 1.165) is 55.9 Å². The quantitative estimate of drug-likeness (QED) is 0.151. The van der Waals surface area contributed by atoms with Crippen LogP contribution in [0.4, 0.5) is 0 Å². The normalized spacial score (nSPS) is 13.5. The van der Waals surface area contributed by atoms with Gasteiger partial charge in [-0.2, -0.15) is 0 Å². The van der Waals surface area contributed by atoms with E-state index >= 15 is 0 Å². The summed E-state index contributed by atoms with van der Waals surface area (Å²) in [6, 6.07) is 19.8. The third kappa shape index (κ3) is 3.45. The van der Waals surface area contributed by atoms with Crippen molar-refractivity contribution in [1.82, 2.24) is 0 Å². The Kier molecular flexibility index (Phi) is 5.60. The maximum atomic E-state index is 13.0. The van der Waals surface area contributed by atoms with E-state index < -0.39 is 0 Å². The van der Waals surface area contributed by atoms with Crippen LogP contribution >= 0.6 is 0 Å². The van der Waals surface area contributed by atoms with Gasteiger partial charge in [-0.15, -0.1) is 0 Å². The first-order chi connectivity index (χ1) is 16.4. The van der Waals surface area contributed by atoms with E-state index in [2.05, 4.69) is 12.1 Å². The molecule has 172 valence electrons. The van der Waals surface area contributed by atoms with Gasteiger partial charge in [-0.3, -0.25) is 0 Å². The van der Waals surface area contributed by atoms with Crippen LogP contribution in [0.25, 0.3) is 43.1 Å². The highest BCUT2D eigenvalue weighted by Gasteiger charge is 2.21. The molecule has 0 aliphatic heterocycles. The van der Waals surface area contributed by atoms with Crippen LogP contribution in [0.1, 0.15) is 61.3 Å². The van der Waals surface area contributed by atoms with E-state index in [-0.39, 0.29) is 24.1 Å². The predicted octanol–water partition coefficient (Wildman–Crippen LogP) is 7.65. The number of fused-ring (bicyclic) bond motifs is 2. The molecule has 0 amide bonds. The first-order valence-electron chi connectivity index (χ1n) is 12.0. The van der Waals surface area contributed by atoms with Crippen LogP contribution in [0.5, 0.6) is 0 Å². The molecular weight excluding hydrogens is 424 g/mol. The van der Waals surface area contributed by atoms with Gasteiger partial charge in [0.1, 0.15) is 0 Å². The van der Waals surface area contributed by atoms with Gasteiger partial charge < -0.3 is 9.47 Å². The number of carbonyl (C=O) groups excluding carboxylic acids is 2. The van der Waals surface area contributed by atoms with Crippen LogP contribution in [0, 0.1) is 0 Å². The average molecular weight is 453 g/mol. The van der Waals surface area contributed by atoms with Crippen molar-refractivity contribution in [2.24, 2.45) is 0 Å². The molecule has 4 nitrogen and oxygen atoms in total. The van der Waals surface area contributed by atoms with Crippen molar-refractivity contribution in [1.29, 1.82) is 0 Å². The van der Waals surface area contributed by atoms with E-state index in [1.165, 1.54) is 0 Å². The number of hydrogen-bond acceptors (Lipinski definition) is 4. The topological polar surface area (TPSA) is 52.6 Å². The maximum Gasteiger partial charge on any atom is 0.339 e.